The minimum atomic E-state index is -0.0576. The lowest BCUT2D eigenvalue weighted by Gasteiger charge is -2.11. The summed E-state index contributed by atoms with van der Waals surface area (Å²) in [7, 11) is 1.97. The first-order chi connectivity index (χ1) is 9.22. The summed E-state index contributed by atoms with van der Waals surface area (Å²) >= 11 is 0. The molecule has 2 rings (SSSR count). The molecule has 0 saturated heterocycles. The molecule has 1 heterocycles. The van der Waals surface area contributed by atoms with E-state index in [-0.39, 0.29) is 5.91 Å². The summed E-state index contributed by atoms with van der Waals surface area (Å²) in [6.45, 7) is 3.34. The number of hydrogen-bond donors (Lipinski definition) is 2. The Morgan fingerprint density at radius 3 is 2.68 bits per heavy atom. The molecule has 100 valence electrons. The summed E-state index contributed by atoms with van der Waals surface area (Å²) in [4.78, 5) is 12.2. The van der Waals surface area contributed by atoms with Crippen molar-refractivity contribution in [3.05, 3.63) is 53.9 Å². The summed E-state index contributed by atoms with van der Waals surface area (Å²) < 4.78 is 2.00. The molecule has 0 atom stereocenters. The van der Waals surface area contributed by atoms with Crippen LogP contribution in [0.1, 0.15) is 23.0 Å². The topological polar surface area (TPSA) is 46.1 Å². The van der Waals surface area contributed by atoms with E-state index in [1.54, 1.807) is 0 Å². The van der Waals surface area contributed by atoms with Gasteiger partial charge in [0.15, 0.2) is 0 Å². The van der Waals surface area contributed by atoms with Gasteiger partial charge in [-0.2, -0.15) is 0 Å². The predicted octanol–water partition coefficient (Wildman–Crippen LogP) is 2.39. The maximum atomic E-state index is 12.2. The van der Waals surface area contributed by atoms with Crippen LogP contribution in [0.15, 0.2) is 42.6 Å². The molecule has 0 radical (unpaired) electrons. The Balaban J connectivity index is 2.06. The number of aromatic nitrogens is 1. The Kier molecular flexibility index (Phi) is 4.23. The molecule has 2 N–H and O–H groups in total. The average molecular weight is 257 g/mol. The van der Waals surface area contributed by atoms with Crippen LogP contribution in [0.5, 0.6) is 0 Å². The fourth-order valence-corrected chi connectivity index (χ4v) is 1.97. The minimum Gasteiger partial charge on any atom is -0.385 e. The second kappa shape index (κ2) is 6.09. The average Bonchev–Trinajstić information content (AvgIpc) is 2.82. The molecule has 0 aliphatic heterocycles. The highest BCUT2D eigenvalue weighted by atomic mass is 16.1. The van der Waals surface area contributed by atoms with Crippen molar-refractivity contribution in [2.24, 2.45) is 7.05 Å². The number of rotatable bonds is 5. The van der Waals surface area contributed by atoms with E-state index in [0.717, 1.165) is 17.9 Å². The zero-order chi connectivity index (χ0) is 13.7. The van der Waals surface area contributed by atoms with Crippen molar-refractivity contribution < 1.29 is 4.79 Å². The van der Waals surface area contributed by atoms with Crippen LogP contribution in [0.4, 0.5) is 5.69 Å². The lowest BCUT2D eigenvalue weighted by Crippen LogP contribution is -2.24. The van der Waals surface area contributed by atoms with Crippen molar-refractivity contribution in [2.75, 3.05) is 11.9 Å². The van der Waals surface area contributed by atoms with Gasteiger partial charge in [0.05, 0.1) is 12.1 Å². The number of para-hydroxylation sites is 1. The maximum Gasteiger partial charge on any atom is 0.253 e. The molecule has 0 bridgehead atoms. The van der Waals surface area contributed by atoms with E-state index in [1.807, 2.05) is 61.1 Å². The highest BCUT2D eigenvalue weighted by Gasteiger charge is 2.10. The van der Waals surface area contributed by atoms with Crippen LogP contribution in [-0.4, -0.2) is 17.0 Å². The normalized spacial score (nSPS) is 10.2. The van der Waals surface area contributed by atoms with Crippen LogP contribution in [0, 0.1) is 0 Å². The second-order valence-corrected chi connectivity index (χ2v) is 4.37. The van der Waals surface area contributed by atoms with Gasteiger partial charge < -0.3 is 15.2 Å². The molecule has 4 nitrogen and oxygen atoms in total. The third-order valence-corrected chi connectivity index (χ3v) is 3.02. The lowest BCUT2D eigenvalue weighted by atomic mass is 10.1. The van der Waals surface area contributed by atoms with E-state index in [1.165, 1.54) is 0 Å². The number of aryl methyl sites for hydroxylation is 1. The molecule has 0 aliphatic rings. The van der Waals surface area contributed by atoms with Crippen LogP contribution in [-0.2, 0) is 13.6 Å². The smallest absolute Gasteiger partial charge is 0.253 e. The summed E-state index contributed by atoms with van der Waals surface area (Å²) in [5.74, 6) is -0.0576. The van der Waals surface area contributed by atoms with Gasteiger partial charge in [0.1, 0.15) is 0 Å². The summed E-state index contributed by atoms with van der Waals surface area (Å²) in [5.41, 5.74) is 2.63. The van der Waals surface area contributed by atoms with Crippen LogP contribution in [0.3, 0.4) is 0 Å². The maximum absolute atomic E-state index is 12.2. The number of nitrogens with one attached hydrogen (secondary N) is 2. The summed E-state index contributed by atoms with van der Waals surface area (Å²) in [6, 6.07) is 11.5. The number of amides is 1. The van der Waals surface area contributed by atoms with E-state index in [2.05, 4.69) is 10.6 Å². The van der Waals surface area contributed by atoms with E-state index < -0.39 is 0 Å². The number of anilines is 1. The molecule has 2 aromatic rings. The molecule has 19 heavy (non-hydrogen) atoms. The molecule has 0 fully saturated rings. The van der Waals surface area contributed by atoms with E-state index in [0.29, 0.717) is 12.1 Å². The Hall–Kier alpha value is -2.23. The van der Waals surface area contributed by atoms with Crippen molar-refractivity contribution in [1.82, 2.24) is 9.88 Å². The number of hydrogen-bond acceptors (Lipinski definition) is 2. The van der Waals surface area contributed by atoms with Crippen LogP contribution < -0.4 is 10.6 Å². The van der Waals surface area contributed by atoms with Crippen LogP contribution in [0.25, 0.3) is 0 Å². The third-order valence-electron chi connectivity index (χ3n) is 3.02. The molecule has 0 spiro atoms. The van der Waals surface area contributed by atoms with E-state index in [9.17, 15) is 4.79 Å². The first-order valence-corrected chi connectivity index (χ1v) is 6.43. The molecule has 0 unspecified atom stereocenters. The van der Waals surface area contributed by atoms with Gasteiger partial charge in [0.2, 0.25) is 0 Å². The van der Waals surface area contributed by atoms with Gasteiger partial charge in [0.25, 0.3) is 5.91 Å². The fraction of sp³-hybridized carbons (Fsp3) is 0.267. The molecular formula is C15H19N3O. The molecule has 1 aromatic carbocycles. The van der Waals surface area contributed by atoms with Crippen molar-refractivity contribution in [3.8, 4) is 0 Å². The van der Waals surface area contributed by atoms with Crippen molar-refractivity contribution >= 4 is 11.6 Å². The van der Waals surface area contributed by atoms with E-state index in [4.69, 9.17) is 0 Å². The van der Waals surface area contributed by atoms with Gasteiger partial charge in [-0.15, -0.1) is 0 Å². The van der Waals surface area contributed by atoms with Gasteiger partial charge in [-0.1, -0.05) is 12.1 Å². The van der Waals surface area contributed by atoms with Crippen LogP contribution in [0.2, 0.25) is 0 Å². The minimum absolute atomic E-state index is 0.0576. The van der Waals surface area contributed by atoms with Crippen molar-refractivity contribution in [3.63, 3.8) is 0 Å². The number of carbonyl (C=O) groups excluding carboxylic acids is 1. The highest BCUT2D eigenvalue weighted by molar-refractivity contribution is 5.99. The van der Waals surface area contributed by atoms with E-state index >= 15 is 0 Å². The Morgan fingerprint density at radius 2 is 2.00 bits per heavy atom. The molecule has 1 aromatic heterocycles. The van der Waals surface area contributed by atoms with Gasteiger partial charge in [0, 0.05) is 31.2 Å². The fourth-order valence-electron chi connectivity index (χ4n) is 1.97. The Labute approximate surface area is 113 Å². The van der Waals surface area contributed by atoms with Crippen molar-refractivity contribution in [2.45, 2.75) is 13.5 Å². The zero-order valence-electron chi connectivity index (χ0n) is 11.3. The summed E-state index contributed by atoms with van der Waals surface area (Å²) in [5, 5.41) is 6.14. The van der Waals surface area contributed by atoms with Gasteiger partial charge >= 0.3 is 0 Å². The Morgan fingerprint density at radius 1 is 1.21 bits per heavy atom. The molecular weight excluding hydrogens is 238 g/mol. The second-order valence-electron chi connectivity index (χ2n) is 4.37. The van der Waals surface area contributed by atoms with Gasteiger partial charge in [-0.3, -0.25) is 4.79 Å². The predicted molar refractivity (Wildman–Crippen MR) is 77.2 cm³/mol. The lowest BCUT2D eigenvalue weighted by molar-refractivity contribution is 0.0951. The van der Waals surface area contributed by atoms with Gasteiger partial charge in [-0.25, -0.2) is 0 Å². The summed E-state index contributed by atoms with van der Waals surface area (Å²) in [6.07, 6.45) is 1.97. The molecule has 0 aliphatic carbocycles. The monoisotopic (exact) mass is 257 g/mol. The van der Waals surface area contributed by atoms with Crippen LogP contribution >= 0.6 is 0 Å². The quantitative estimate of drug-likeness (QED) is 0.864. The third kappa shape index (κ3) is 3.16. The molecule has 4 heteroatoms. The number of carbonyl (C=O) groups is 1. The first-order valence-electron chi connectivity index (χ1n) is 6.43. The zero-order valence-corrected chi connectivity index (χ0v) is 11.3. The highest BCUT2D eigenvalue weighted by Crippen LogP contribution is 2.14. The number of nitrogens with zero attached hydrogens (tertiary/aromatic N) is 1. The van der Waals surface area contributed by atoms with Gasteiger partial charge in [-0.05, 0) is 31.2 Å². The number of benzene rings is 1. The SMILES string of the molecule is CCNc1ccccc1C(=O)NCc1cccn1C. The standard InChI is InChI=1S/C15H19N3O/c1-3-16-14-9-5-4-8-13(14)15(19)17-11-12-7-6-10-18(12)2/h4-10,16H,3,11H2,1-2H3,(H,17,19). The Bertz CT molecular complexity index is 560. The largest absolute Gasteiger partial charge is 0.385 e. The molecule has 0 saturated carbocycles. The first kappa shape index (κ1) is 13.2. The molecule has 1 amide bonds. The van der Waals surface area contributed by atoms with Crippen molar-refractivity contribution in [1.29, 1.82) is 0 Å².